The molecule has 16 N–H and O–H groups in total. The molecule has 0 spiro atoms. The number of nitrogens with two attached hydrogens (primary N) is 3. The van der Waals surface area contributed by atoms with Crippen LogP contribution in [-0.2, 0) is 73.5 Å². The van der Waals surface area contributed by atoms with Crippen molar-refractivity contribution in [3.05, 3.63) is 46.0 Å². The number of imidazole rings is 3. The van der Waals surface area contributed by atoms with Crippen molar-refractivity contribution in [2.75, 3.05) is 37.0 Å². The number of nitrogen functional groups attached to an aromatic ring is 3. The van der Waals surface area contributed by atoms with E-state index in [1.54, 1.807) is 0 Å². The number of rotatable bonds is 18. The van der Waals surface area contributed by atoms with Crippen LogP contribution in [-0.4, -0.2) is 168 Å². The van der Waals surface area contributed by atoms with Gasteiger partial charge in [-0.25, -0.2) is 42.6 Å². The van der Waals surface area contributed by atoms with Gasteiger partial charge in [-0.1, -0.05) is 4.98 Å². The van der Waals surface area contributed by atoms with Crippen LogP contribution in [0.2, 0.25) is 0 Å². The Bertz CT molecular complexity index is 3460. The molecule has 6 aromatic rings. The molecule has 37 nitrogen and oxygen atoms in total. The number of nitrogens with one attached hydrogen (secondary N) is 2. The summed E-state index contributed by atoms with van der Waals surface area (Å²) in [4.78, 5) is 95.3. The third-order valence-electron chi connectivity index (χ3n) is 11.3. The van der Waals surface area contributed by atoms with Gasteiger partial charge in [-0.05, 0) is 11.8 Å². The number of hydrogen-bond acceptors (Lipinski definition) is 28. The van der Waals surface area contributed by atoms with Crippen molar-refractivity contribution >= 4 is 93.2 Å². The van der Waals surface area contributed by atoms with Crippen LogP contribution in [0.3, 0.4) is 0 Å². The summed E-state index contributed by atoms with van der Waals surface area (Å²) >= 11 is 5.12. The Kier molecular flexibility index (Phi) is 14.6. The third kappa shape index (κ3) is 10.7. The molecule has 74 heavy (non-hydrogen) atoms. The van der Waals surface area contributed by atoms with Crippen LogP contribution in [0.25, 0.3) is 33.5 Å². The molecule has 9 heterocycles. The molecule has 0 bridgehead atoms. The van der Waals surface area contributed by atoms with Crippen LogP contribution in [0.1, 0.15) is 18.7 Å². The van der Waals surface area contributed by atoms with Crippen molar-refractivity contribution in [1.82, 2.24) is 53.6 Å². The van der Waals surface area contributed by atoms with Crippen LogP contribution in [0.4, 0.5) is 22.1 Å². The van der Waals surface area contributed by atoms with Gasteiger partial charge < -0.3 is 75.9 Å². The molecule has 7 unspecified atom stereocenters. The van der Waals surface area contributed by atoms with Crippen LogP contribution >= 0.6 is 30.2 Å². The van der Waals surface area contributed by atoms with Gasteiger partial charge in [-0.2, -0.15) is 13.6 Å². The number of fused-ring (bicyclic) bond motifs is 3. The summed E-state index contributed by atoms with van der Waals surface area (Å²) in [5.74, 6) is -0.766. The molecule has 43 heteroatoms. The van der Waals surface area contributed by atoms with Gasteiger partial charge in [0.05, 0.1) is 39.5 Å². The summed E-state index contributed by atoms with van der Waals surface area (Å²) < 4.78 is 106. The fraction of sp³-hybridized carbons (Fsp3) is 0.516. The first-order chi connectivity index (χ1) is 34.6. The molecule has 9 rings (SSSR count). The molecule has 3 aliphatic heterocycles. The first-order valence-electron chi connectivity index (χ1n) is 20.7. The maximum absolute atomic E-state index is 16.6. The van der Waals surface area contributed by atoms with Crippen molar-refractivity contribution < 1.29 is 104 Å². The van der Waals surface area contributed by atoms with E-state index in [0.717, 1.165) is 32.7 Å². The average Bonchev–Trinajstić information content (AvgIpc) is 4.15. The Balaban J connectivity index is 0.850. The highest BCUT2D eigenvalue weighted by molar-refractivity contribution is 8.07. The average molecular weight is 1150 g/mol. The number of ether oxygens (including phenoxy) is 3. The number of halogens is 1. The Morgan fingerprint density at radius 3 is 1.99 bits per heavy atom. The molecule has 3 saturated heterocycles. The summed E-state index contributed by atoms with van der Waals surface area (Å²) in [7, 11) is -16.6. The molecule has 16 atom stereocenters. The number of nitrogens with zero attached hydrogens (tertiary/aromatic N) is 10. The number of phosphoric acid groups is 3. The smallest absolute Gasteiger partial charge is 0.387 e. The van der Waals surface area contributed by atoms with Crippen molar-refractivity contribution in [2.24, 2.45) is 7.05 Å². The number of H-pyrrole nitrogens is 2. The van der Waals surface area contributed by atoms with Gasteiger partial charge in [0.25, 0.3) is 17.1 Å². The number of aliphatic hydroxyl groups excluding tert-OH is 4. The molecule has 3 fully saturated rings. The van der Waals surface area contributed by atoms with Crippen molar-refractivity contribution in [1.29, 1.82) is 0 Å². The third-order valence-corrected chi connectivity index (χ3v) is 17.1. The van der Waals surface area contributed by atoms with Crippen LogP contribution in [0.15, 0.2) is 34.9 Å². The number of aliphatic hydroxyl groups is 4. The zero-order valence-corrected chi connectivity index (χ0v) is 41.3. The minimum atomic E-state index is -6.21. The zero-order chi connectivity index (χ0) is 53.6. The number of aryl methyl sites for hydroxylation is 1. The van der Waals surface area contributed by atoms with Crippen LogP contribution in [0, 0.1) is 0 Å². The van der Waals surface area contributed by atoms with Gasteiger partial charge in [0.1, 0.15) is 60.7 Å². The van der Waals surface area contributed by atoms with Crippen LogP contribution < -0.4 is 32.9 Å². The molecular formula is C31H41FN15O22P4S+. The van der Waals surface area contributed by atoms with Crippen molar-refractivity contribution in [3.63, 3.8) is 0 Å². The van der Waals surface area contributed by atoms with Crippen molar-refractivity contribution in [3.8, 4) is 0 Å². The highest BCUT2D eigenvalue weighted by Gasteiger charge is 2.53. The Labute approximate surface area is 413 Å². The number of aromatic nitrogens is 12. The number of hydrogen-bond donors (Lipinski definition) is 13. The molecule has 6 aromatic heterocycles. The predicted molar refractivity (Wildman–Crippen MR) is 240 cm³/mol. The van der Waals surface area contributed by atoms with Gasteiger partial charge in [0.15, 0.2) is 47.6 Å². The lowest BCUT2D eigenvalue weighted by Crippen LogP contribution is -2.46. The molecule has 0 aromatic carbocycles. The van der Waals surface area contributed by atoms with E-state index in [0.29, 0.717) is 0 Å². The quantitative estimate of drug-likeness (QED) is 0.0286. The minimum absolute atomic E-state index is 0.0274. The van der Waals surface area contributed by atoms with E-state index in [4.69, 9.17) is 56.8 Å². The largest absolute Gasteiger partial charge is 0.490 e. The highest BCUT2D eigenvalue weighted by atomic mass is 32.5. The number of phosphoric ester groups is 2. The SMILES string of the molecule is Cn1c[n+]([C@@H]2O[C@H](COP(=O)(O)OP(=O)(O)OP(=O)(O)OC[C@H]3O[C@@H](n4cnc5c(N)ncnc54)[C@@H](F)C3OP(O)(=S)OC[C@H]3O[C@@H](n4cnc5c(=O)[nH]c(N)nc54)[C@@H](O)C3O)[C@H](O)C2O)c2nc(N)[nH]c(=O)c21. The minimum Gasteiger partial charge on any atom is -0.387 e. The molecule has 3 aliphatic rings. The lowest BCUT2D eigenvalue weighted by Gasteiger charge is -2.26. The lowest BCUT2D eigenvalue weighted by molar-refractivity contribution is -0.745. The summed E-state index contributed by atoms with van der Waals surface area (Å²) in [5, 5.41) is 43.1. The fourth-order valence-electron chi connectivity index (χ4n) is 8.02. The Hall–Kier alpha value is -4.76. The Morgan fingerprint density at radius 1 is 0.730 bits per heavy atom. The van der Waals surface area contributed by atoms with E-state index in [1.807, 2.05) is 0 Å². The lowest BCUT2D eigenvalue weighted by atomic mass is 10.1. The first-order valence-corrected chi connectivity index (χ1v) is 27.8. The van der Waals surface area contributed by atoms with E-state index >= 15 is 4.39 Å². The second kappa shape index (κ2) is 20.0. The summed E-state index contributed by atoms with van der Waals surface area (Å²) in [6.07, 6.45) is -17.5. The first kappa shape index (κ1) is 54.0. The maximum Gasteiger partial charge on any atom is 0.490 e. The summed E-state index contributed by atoms with van der Waals surface area (Å²) in [5.41, 5.74) is 15.1. The monoisotopic (exact) mass is 1150 g/mol. The fourth-order valence-corrected chi connectivity index (χ4v) is 13.0. The molecule has 0 saturated carbocycles. The number of anilines is 3. The van der Waals surface area contributed by atoms with E-state index < -0.39 is 135 Å². The Morgan fingerprint density at radius 2 is 1.30 bits per heavy atom. The molecule has 0 amide bonds. The molecule has 0 radical (unpaired) electrons. The van der Waals surface area contributed by atoms with Crippen LogP contribution in [0.5, 0.6) is 0 Å². The zero-order valence-electron chi connectivity index (χ0n) is 36.9. The van der Waals surface area contributed by atoms with E-state index in [2.05, 4.69) is 53.0 Å². The summed E-state index contributed by atoms with van der Waals surface area (Å²) in [6.45, 7) is -8.12. The highest BCUT2D eigenvalue weighted by Crippen LogP contribution is 2.68. The van der Waals surface area contributed by atoms with E-state index in [-0.39, 0.29) is 51.2 Å². The van der Waals surface area contributed by atoms with E-state index in [1.165, 1.54) is 17.9 Å². The predicted octanol–water partition coefficient (Wildman–Crippen LogP) is -4.27. The number of aromatic amines is 2. The topological polar surface area (TPSA) is 536 Å². The van der Waals surface area contributed by atoms with Gasteiger partial charge in [0.2, 0.25) is 17.7 Å². The van der Waals surface area contributed by atoms with Gasteiger partial charge >= 0.3 is 35.8 Å². The molecule has 404 valence electrons. The number of alkyl halides is 1. The molecular weight excluding hydrogens is 1110 g/mol. The second-order valence-electron chi connectivity index (χ2n) is 16.2. The van der Waals surface area contributed by atoms with Gasteiger partial charge in [-0.3, -0.25) is 46.8 Å². The molecule has 0 aliphatic carbocycles. The van der Waals surface area contributed by atoms with Gasteiger partial charge in [-0.15, -0.1) is 0 Å². The summed E-state index contributed by atoms with van der Waals surface area (Å²) in [6, 6.07) is 0. The van der Waals surface area contributed by atoms with Gasteiger partial charge in [0, 0.05) is 0 Å². The maximum atomic E-state index is 16.6. The second-order valence-corrected chi connectivity index (χ2v) is 23.6. The normalized spacial score (nSPS) is 30.7. The van der Waals surface area contributed by atoms with E-state index in [9.17, 15) is 63.3 Å². The standard InChI is InChI=1S/C31H40FN15O22P4S/c1-44-8-47(24-15(44)26(53)43-31(35)41-24)29-19(51)16(48)9(65-29)2-61-70(54,55)68-72(58,59)69-71(56,57)62-4-11-20(12(32)27(66-11)45-6-38-13-21(33)36-5-37-22(13)45)67-73(60,74)63-3-10-17(49)18(50)28(64-10)46-7-39-14-23(46)40-30(34)42-25(14)52/h5-12,16-20,27-29,48-51H,2-4H2,1H3,(H11-,33,34,35,36,37,40,41,42,43,52,53,54,55,56,57,58,59,60,74)/p+1/t9-,10-,11-,12+,16+,17?,18+,19?,20?,27-,28-,29-,73?/m1/s1. The van der Waals surface area contributed by atoms with Crippen molar-refractivity contribution in [2.45, 2.75) is 73.7 Å².